The van der Waals surface area contributed by atoms with E-state index in [0.717, 1.165) is 0 Å². The zero-order valence-corrected chi connectivity index (χ0v) is 10.5. The maximum absolute atomic E-state index is 12.9. The molecule has 2 rings (SSSR count). The number of halogens is 2. The highest BCUT2D eigenvalue weighted by molar-refractivity contribution is 5.88. The molecule has 0 unspecified atom stereocenters. The monoisotopic (exact) mass is 265 g/mol. The Hall–Kier alpha value is -0.880. The molecule has 1 N–H and O–H groups in total. The summed E-state index contributed by atoms with van der Waals surface area (Å²) in [6.07, 6.45) is -0.726. The summed E-state index contributed by atoms with van der Waals surface area (Å²) in [4.78, 5) is 26.5. The van der Waals surface area contributed by atoms with E-state index in [1.54, 1.807) is 11.9 Å². The average molecular weight is 266 g/mol. The van der Waals surface area contributed by atoms with Gasteiger partial charge in [0.05, 0.1) is 12.6 Å². The van der Waals surface area contributed by atoms with E-state index in [1.807, 2.05) is 0 Å². The number of carbonyl (C=O) groups is 2. The Balaban J connectivity index is 0.00000144. The maximum atomic E-state index is 12.9. The van der Waals surface area contributed by atoms with Gasteiger partial charge >= 0.3 is 0 Å². The topological polar surface area (TPSA) is 52.6 Å². The summed E-state index contributed by atoms with van der Waals surface area (Å²) in [5.41, 5.74) is 0. The van der Waals surface area contributed by atoms with Crippen LogP contribution in [0, 0.1) is 0 Å². The summed E-state index contributed by atoms with van der Waals surface area (Å²) in [7, 11) is 1.72. The lowest BCUT2D eigenvalue weighted by molar-refractivity contribution is -0.145. The number of hydrogen-bond acceptors (Lipinski definition) is 3. The molecule has 0 bridgehead atoms. The third-order valence-corrected chi connectivity index (χ3v) is 3.14. The second-order valence-electron chi connectivity index (χ2n) is 4.37. The van der Waals surface area contributed by atoms with Gasteiger partial charge in [-0.05, 0) is 0 Å². The Morgan fingerprint density at radius 2 is 2.18 bits per heavy atom. The fourth-order valence-electron chi connectivity index (χ4n) is 2.05. The van der Waals surface area contributed by atoms with Crippen molar-refractivity contribution in [2.24, 2.45) is 0 Å². The van der Waals surface area contributed by atoms with E-state index in [2.05, 4.69) is 5.32 Å². The third-order valence-electron chi connectivity index (χ3n) is 3.14. The van der Waals surface area contributed by atoms with Crippen molar-refractivity contribution in [2.75, 3.05) is 33.2 Å². The van der Waals surface area contributed by atoms with Crippen LogP contribution in [0.4, 0.5) is 4.39 Å². The van der Waals surface area contributed by atoms with Crippen molar-refractivity contribution in [1.29, 1.82) is 0 Å². The van der Waals surface area contributed by atoms with Crippen LogP contribution < -0.4 is 5.32 Å². The molecule has 0 aromatic carbocycles. The summed E-state index contributed by atoms with van der Waals surface area (Å²) in [6.45, 7) is 1.44. The predicted molar refractivity (Wildman–Crippen MR) is 62.8 cm³/mol. The molecule has 0 spiro atoms. The Kier molecular flexibility index (Phi) is 4.70. The fraction of sp³-hybridized carbons (Fsp3) is 0.800. The minimum Gasteiger partial charge on any atom is -0.342 e. The van der Waals surface area contributed by atoms with Crippen LogP contribution in [0.5, 0.6) is 0 Å². The van der Waals surface area contributed by atoms with Crippen LogP contribution in [-0.4, -0.2) is 67.1 Å². The highest BCUT2D eigenvalue weighted by Gasteiger charge is 2.34. The molecule has 17 heavy (non-hydrogen) atoms. The molecule has 2 amide bonds. The molecule has 7 heteroatoms. The number of nitrogens with one attached hydrogen (secondary N) is 1. The third kappa shape index (κ3) is 3.07. The molecular weight excluding hydrogens is 249 g/mol. The maximum Gasteiger partial charge on any atom is 0.241 e. The van der Waals surface area contributed by atoms with Crippen molar-refractivity contribution in [2.45, 2.75) is 18.6 Å². The van der Waals surface area contributed by atoms with Gasteiger partial charge in [-0.15, -0.1) is 12.4 Å². The van der Waals surface area contributed by atoms with Crippen LogP contribution in [0.3, 0.4) is 0 Å². The summed E-state index contributed by atoms with van der Waals surface area (Å²) < 4.78 is 12.9. The molecule has 0 aliphatic carbocycles. The van der Waals surface area contributed by atoms with E-state index in [9.17, 15) is 14.0 Å². The minimum atomic E-state index is -0.947. The van der Waals surface area contributed by atoms with E-state index in [4.69, 9.17) is 0 Å². The Bertz CT molecular complexity index is 316. The second kappa shape index (κ2) is 5.64. The van der Waals surface area contributed by atoms with Crippen molar-refractivity contribution < 1.29 is 14.0 Å². The van der Waals surface area contributed by atoms with Crippen molar-refractivity contribution in [3.63, 3.8) is 0 Å². The molecular formula is C10H17ClFN3O2. The highest BCUT2D eigenvalue weighted by atomic mass is 35.5. The molecule has 0 aromatic heterocycles. The largest absolute Gasteiger partial charge is 0.342 e. The molecule has 98 valence electrons. The van der Waals surface area contributed by atoms with Gasteiger partial charge in [-0.1, -0.05) is 0 Å². The summed E-state index contributed by atoms with van der Waals surface area (Å²) in [5, 5.41) is 2.84. The molecule has 2 heterocycles. The molecule has 2 aliphatic heterocycles. The van der Waals surface area contributed by atoms with Crippen LogP contribution in [0.1, 0.15) is 6.42 Å². The van der Waals surface area contributed by atoms with E-state index >= 15 is 0 Å². The summed E-state index contributed by atoms with van der Waals surface area (Å²) in [5.74, 6) is -0.212. The first-order valence-corrected chi connectivity index (χ1v) is 5.48. The van der Waals surface area contributed by atoms with Crippen molar-refractivity contribution in [3.8, 4) is 0 Å². The Morgan fingerprint density at radius 1 is 1.47 bits per heavy atom. The van der Waals surface area contributed by atoms with Crippen molar-refractivity contribution in [1.82, 2.24) is 15.1 Å². The van der Waals surface area contributed by atoms with Gasteiger partial charge in [0.15, 0.2) is 0 Å². The molecule has 0 aromatic rings. The zero-order chi connectivity index (χ0) is 11.7. The molecule has 5 nitrogen and oxygen atoms in total. The van der Waals surface area contributed by atoms with Crippen molar-refractivity contribution >= 4 is 24.2 Å². The Labute approximate surface area is 106 Å². The number of carbonyl (C=O) groups excluding carboxylic acids is 2. The standard InChI is InChI=1S/C10H16FN3O2.ClH/c1-13-2-3-14(6-9(13)15)10(16)8-4-7(11)5-12-8;/h7-8,12H,2-6H2,1H3;1H/t7-,8+;/m0./s1. The van der Waals surface area contributed by atoms with Gasteiger partial charge in [0.25, 0.3) is 0 Å². The second-order valence-corrected chi connectivity index (χ2v) is 4.37. The Morgan fingerprint density at radius 3 is 2.71 bits per heavy atom. The van der Waals surface area contributed by atoms with Crippen LogP contribution in [0.25, 0.3) is 0 Å². The lowest BCUT2D eigenvalue weighted by Crippen LogP contribution is -2.54. The van der Waals surface area contributed by atoms with Crippen molar-refractivity contribution in [3.05, 3.63) is 0 Å². The number of piperazine rings is 1. The molecule has 2 fully saturated rings. The average Bonchev–Trinajstić information content (AvgIpc) is 2.68. The van der Waals surface area contributed by atoms with Gasteiger partial charge in [-0.2, -0.15) is 0 Å². The van der Waals surface area contributed by atoms with Crippen LogP contribution in [0.2, 0.25) is 0 Å². The SMILES string of the molecule is CN1CCN(C(=O)[C@H]2C[C@H](F)CN2)CC1=O.Cl. The normalized spacial score (nSPS) is 29.2. The number of hydrogen-bond donors (Lipinski definition) is 1. The van der Waals surface area contributed by atoms with Gasteiger partial charge in [0.1, 0.15) is 6.17 Å². The molecule has 2 aliphatic rings. The van der Waals surface area contributed by atoms with Crippen LogP contribution >= 0.6 is 12.4 Å². The fourth-order valence-corrected chi connectivity index (χ4v) is 2.05. The van der Waals surface area contributed by atoms with Gasteiger partial charge in [0.2, 0.25) is 11.8 Å². The van der Waals surface area contributed by atoms with E-state index < -0.39 is 12.2 Å². The van der Waals surface area contributed by atoms with Gasteiger partial charge < -0.3 is 15.1 Å². The molecule has 0 saturated carbocycles. The predicted octanol–water partition coefficient (Wildman–Crippen LogP) is -0.591. The number of rotatable bonds is 1. The highest BCUT2D eigenvalue weighted by Crippen LogP contribution is 2.13. The van der Waals surface area contributed by atoms with Gasteiger partial charge in [-0.25, -0.2) is 4.39 Å². The van der Waals surface area contributed by atoms with E-state index in [0.29, 0.717) is 13.1 Å². The minimum absolute atomic E-state index is 0. The number of alkyl halides is 1. The van der Waals surface area contributed by atoms with Gasteiger partial charge in [-0.3, -0.25) is 9.59 Å². The first kappa shape index (κ1) is 14.2. The quantitative estimate of drug-likeness (QED) is 0.690. The smallest absolute Gasteiger partial charge is 0.241 e. The summed E-state index contributed by atoms with van der Waals surface area (Å²) >= 11 is 0. The molecule has 2 saturated heterocycles. The lowest BCUT2D eigenvalue weighted by atomic mass is 10.1. The first-order valence-electron chi connectivity index (χ1n) is 5.48. The molecule has 2 atom stereocenters. The van der Waals surface area contributed by atoms with E-state index in [-0.39, 0.29) is 43.7 Å². The van der Waals surface area contributed by atoms with Gasteiger partial charge in [0, 0.05) is 33.1 Å². The zero-order valence-electron chi connectivity index (χ0n) is 9.69. The molecule has 0 radical (unpaired) electrons. The van der Waals surface area contributed by atoms with E-state index in [1.165, 1.54) is 4.90 Å². The van der Waals surface area contributed by atoms with Crippen LogP contribution in [0.15, 0.2) is 0 Å². The lowest BCUT2D eigenvalue weighted by Gasteiger charge is -2.33. The number of likely N-dealkylation sites (N-methyl/N-ethyl adjacent to an activating group) is 1. The number of amides is 2. The first-order chi connectivity index (χ1) is 7.58. The number of nitrogens with zero attached hydrogens (tertiary/aromatic N) is 2. The summed E-state index contributed by atoms with van der Waals surface area (Å²) in [6, 6.07) is -0.453. The van der Waals surface area contributed by atoms with Crippen LogP contribution in [-0.2, 0) is 9.59 Å².